The zero-order valence-electron chi connectivity index (χ0n) is 9.80. The van der Waals surface area contributed by atoms with Crippen LogP contribution in [-0.2, 0) is 0 Å². The topological polar surface area (TPSA) is 41.5 Å². The monoisotopic (exact) mass is 310 g/mol. The minimum Gasteiger partial charge on any atom is -0.611 e. The van der Waals surface area contributed by atoms with Crippen LogP contribution in [0.1, 0.15) is 0 Å². The van der Waals surface area contributed by atoms with E-state index < -0.39 is 7.94 Å². The number of benzene rings is 2. The van der Waals surface area contributed by atoms with Crippen molar-refractivity contribution in [3.05, 3.63) is 60.7 Å². The standard InChI is InChI=1S/C13H11O3PS2/c14-17(13(18)19,15-11-7-3-1-4-8-11)16-12-9-5-2-6-10-12/h1-10H,(H,18,19). The number of para-hydroxylation sites is 2. The molecule has 0 saturated carbocycles. The molecule has 0 atom stereocenters. The van der Waals surface area contributed by atoms with E-state index >= 15 is 0 Å². The third kappa shape index (κ3) is 3.91. The average Bonchev–Trinajstić information content (AvgIpc) is 2.40. The van der Waals surface area contributed by atoms with Crippen molar-refractivity contribution in [2.75, 3.05) is 0 Å². The fourth-order valence-electron chi connectivity index (χ4n) is 1.34. The number of hydrogen-bond acceptors (Lipinski definition) is 4. The van der Waals surface area contributed by atoms with Gasteiger partial charge in [0, 0.05) is 0 Å². The molecule has 0 spiro atoms. The Morgan fingerprint density at radius 1 is 0.895 bits per heavy atom. The molecule has 0 aromatic heterocycles. The van der Waals surface area contributed by atoms with Crippen LogP contribution in [-0.4, -0.2) is 3.94 Å². The smallest absolute Gasteiger partial charge is 0.383 e. The van der Waals surface area contributed by atoms with Gasteiger partial charge in [-0.15, -0.1) is 0 Å². The second kappa shape index (κ2) is 6.35. The van der Waals surface area contributed by atoms with E-state index in [2.05, 4.69) is 12.6 Å². The minimum absolute atomic E-state index is 0.111. The lowest BCUT2D eigenvalue weighted by molar-refractivity contribution is -0.195. The number of hydrogen-bond donors (Lipinski definition) is 1. The van der Waals surface area contributed by atoms with E-state index in [-0.39, 0.29) is 3.94 Å². The highest BCUT2D eigenvalue weighted by Crippen LogP contribution is 2.54. The molecular weight excluding hydrogens is 299 g/mol. The first-order valence-corrected chi connectivity index (χ1v) is 7.83. The summed E-state index contributed by atoms with van der Waals surface area (Å²) in [6.07, 6.45) is 0. The maximum atomic E-state index is 12.6. The SMILES string of the molecule is [O-][P+](Oc1ccccc1)(Oc1ccccc1)C(=S)S. The molecule has 0 aliphatic carbocycles. The van der Waals surface area contributed by atoms with E-state index in [9.17, 15) is 4.89 Å². The second-order valence-electron chi connectivity index (χ2n) is 3.59. The summed E-state index contributed by atoms with van der Waals surface area (Å²) in [5, 5.41) is 0. The molecule has 3 nitrogen and oxygen atoms in total. The van der Waals surface area contributed by atoms with E-state index in [1.165, 1.54) is 0 Å². The van der Waals surface area contributed by atoms with Crippen LogP contribution in [0.15, 0.2) is 60.7 Å². The summed E-state index contributed by atoms with van der Waals surface area (Å²) in [6.45, 7) is 0. The lowest BCUT2D eigenvalue weighted by Gasteiger charge is -2.25. The molecule has 0 bridgehead atoms. The van der Waals surface area contributed by atoms with Gasteiger partial charge >= 0.3 is 7.94 Å². The summed E-state index contributed by atoms with van der Waals surface area (Å²) in [4.78, 5) is 12.6. The van der Waals surface area contributed by atoms with E-state index in [0.29, 0.717) is 11.5 Å². The van der Waals surface area contributed by atoms with E-state index in [0.717, 1.165) is 0 Å². The van der Waals surface area contributed by atoms with Crippen LogP contribution in [0, 0.1) is 0 Å². The molecule has 0 fully saturated rings. The minimum atomic E-state index is -3.64. The van der Waals surface area contributed by atoms with Crippen LogP contribution in [0.3, 0.4) is 0 Å². The summed E-state index contributed by atoms with van der Waals surface area (Å²) in [6, 6.07) is 17.4. The van der Waals surface area contributed by atoms with Crippen molar-refractivity contribution < 1.29 is 13.9 Å². The third-order valence-corrected chi connectivity index (χ3v) is 4.95. The highest BCUT2D eigenvalue weighted by atomic mass is 32.1. The van der Waals surface area contributed by atoms with Crippen molar-refractivity contribution in [1.29, 1.82) is 0 Å². The molecular formula is C13H11O3PS2. The predicted molar refractivity (Wildman–Crippen MR) is 82.6 cm³/mol. The predicted octanol–water partition coefficient (Wildman–Crippen LogP) is 3.48. The molecule has 2 rings (SSSR count). The van der Waals surface area contributed by atoms with Crippen molar-refractivity contribution in [2.24, 2.45) is 0 Å². The molecule has 0 amide bonds. The Morgan fingerprint density at radius 3 is 1.58 bits per heavy atom. The van der Waals surface area contributed by atoms with Crippen molar-refractivity contribution in [1.82, 2.24) is 0 Å². The Hall–Kier alpha value is -1.13. The Balaban J connectivity index is 2.21. The van der Waals surface area contributed by atoms with E-state index in [4.69, 9.17) is 21.3 Å². The molecule has 2 aromatic rings. The summed E-state index contributed by atoms with van der Waals surface area (Å²) in [7, 11) is -3.64. The lowest BCUT2D eigenvalue weighted by Crippen LogP contribution is -2.24. The van der Waals surface area contributed by atoms with Gasteiger partial charge in [0.2, 0.25) is 0 Å². The molecule has 0 radical (unpaired) electrons. The number of rotatable bonds is 5. The van der Waals surface area contributed by atoms with Gasteiger partial charge in [-0.05, 0) is 36.5 Å². The van der Waals surface area contributed by atoms with Gasteiger partial charge in [-0.25, -0.2) is 0 Å². The molecule has 0 aliphatic rings. The van der Waals surface area contributed by atoms with Crippen LogP contribution < -0.4 is 13.9 Å². The first-order chi connectivity index (χ1) is 9.10. The normalized spacial score (nSPS) is 10.8. The Bertz CT molecular complexity index is 507. The first-order valence-electron chi connectivity index (χ1n) is 5.43. The molecule has 19 heavy (non-hydrogen) atoms. The summed E-state index contributed by atoms with van der Waals surface area (Å²) in [5.74, 6) is 0.830. The quantitative estimate of drug-likeness (QED) is 0.521. The molecule has 0 unspecified atom stereocenters. The lowest BCUT2D eigenvalue weighted by atomic mass is 10.3. The zero-order valence-corrected chi connectivity index (χ0v) is 12.4. The van der Waals surface area contributed by atoms with Crippen LogP contribution in [0.2, 0.25) is 0 Å². The van der Waals surface area contributed by atoms with Crippen molar-refractivity contribution in [2.45, 2.75) is 0 Å². The molecule has 2 aromatic carbocycles. The second-order valence-corrected chi connectivity index (χ2v) is 7.21. The Kier molecular flexibility index (Phi) is 4.77. The summed E-state index contributed by atoms with van der Waals surface area (Å²) >= 11 is 8.84. The van der Waals surface area contributed by atoms with Crippen LogP contribution in [0.4, 0.5) is 0 Å². The molecule has 0 N–H and O–H groups in total. The molecule has 6 heteroatoms. The number of thiol groups is 1. The highest BCUT2D eigenvalue weighted by Gasteiger charge is 2.38. The van der Waals surface area contributed by atoms with Crippen molar-refractivity contribution in [3.63, 3.8) is 0 Å². The first kappa shape index (κ1) is 14.3. The third-order valence-electron chi connectivity index (χ3n) is 2.17. The van der Waals surface area contributed by atoms with Gasteiger partial charge in [-0.1, -0.05) is 49.0 Å². The van der Waals surface area contributed by atoms with Crippen molar-refractivity contribution >= 4 is 36.7 Å². The highest BCUT2D eigenvalue weighted by molar-refractivity contribution is 8.27. The fourth-order valence-corrected chi connectivity index (χ4v) is 2.80. The number of thiocarbonyl (C=S) groups is 1. The summed E-state index contributed by atoms with van der Waals surface area (Å²) < 4.78 is 10.7. The maximum absolute atomic E-state index is 12.6. The average molecular weight is 310 g/mol. The van der Waals surface area contributed by atoms with Gasteiger partial charge in [0.05, 0.1) is 0 Å². The van der Waals surface area contributed by atoms with Gasteiger partial charge in [0.1, 0.15) is 0 Å². The maximum Gasteiger partial charge on any atom is 0.383 e. The Morgan fingerprint density at radius 2 is 1.26 bits per heavy atom. The fraction of sp³-hybridized carbons (Fsp3) is 0. The van der Waals surface area contributed by atoms with Gasteiger partial charge in [0.25, 0.3) is 3.94 Å². The van der Waals surface area contributed by atoms with E-state index in [1.807, 2.05) is 12.1 Å². The zero-order chi connectivity index (χ0) is 13.7. The van der Waals surface area contributed by atoms with Gasteiger partial charge in [0.15, 0.2) is 11.5 Å². The van der Waals surface area contributed by atoms with E-state index in [1.54, 1.807) is 48.5 Å². The van der Waals surface area contributed by atoms with Gasteiger partial charge in [-0.3, -0.25) is 0 Å². The largest absolute Gasteiger partial charge is 0.611 e. The van der Waals surface area contributed by atoms with Crippen LogP contribution in [0.25, 0.3) is 0 Å². The molecule has 0 saturated heterocycles. The molecule has 98 valence electrons. The van der Waals surface area contributed by atoms with Gasteiger partial charge < -0.3 is 13.9 Å². The van der Waals surface area contributed by atoms with Crippen LogP contribution >= 0.6 is 32.8 Å². The molecule has 0 heterocycles. The van der Waals surface area contributed by atoms with Crippen molar-refractivity contribution in [3.8, 4) is 11.5 Å². The summed E-state index contributed by atoms with van der Waals surface area (Å²) in [5.41, 5.74) is 0. The molecule has 0 aliphatic heterocycles. The van der Waals surface area contributed by atoms with Crippen LogP contribution in [0.5, 0.6) is 11.5 Å². The Labute approximate surface area is 123 Å². The van der Waals surface area contributed by atoms with Gasteiger partial charge in [-0.2, -0.15) is 0 Å².